The summed E-state index contributed by atoms with van der Waals surface area (Å²) in [7, 11) is 0. The standard InChI is InChI=1S/C23H24F2N2O4/c1-13(2)27(21(29)11-26-23(30)31)12-20(28)22-16-5-3-7-18(24)14(16)9-10-15-17(22)6-4-8-19(15)25/h3-8,13,22,26H,9-12H2,1-2H3,(H,30,31). The molecule has 0 fully saturated rings. The molecule has 1 aliphatic carbocycles. The van der Waals surface area contributed by atoms with E-state index in [9.17, 15) is 23.2 Å². The monoisotopic (exact) mass is 430 g/mol. The molecule has 2 N–H and O–H groups in total. The third-order valence-electron chi connectivity index (χ3n) is 5.54. The molecule has 8 heteroatoms. The molecule has 164 valence electrons. The molecule has 31 heavy (non-hydrogen) atoms. The molecule has 2 aromatic rings. The highest BCUT2D eigenvalue weighted by Crippen LogP contribution is 2.37. The highest BCUT2D eigenvalue weighted by Gasteiger charge is 2.33. The first-order chi connectivity index (χ1) is 14.7. The van der Waals surface area contributed by atoms with Gasteiger partial charge in [-0.15, -0.1) is 0 Å². The number of ketones is 1. The fraction of sp³-hybridized carbons (Fsp3) is 0.348. The van der Waals surface area contributed by atoms with Crippen molar-refractivity contribution < 1.29 is 28.3 Å². The van der Waals surface area contributed by atoms with Crippen LogP contribution in [0.5, 0.6) is 0 Å². The molecule has 0 radical (unpaired) electrons. The topological polar surface area (TPSA) is 86.7 Å². The summed E-state index contributed by atoms with van der Waals surface area (Å²) in [6, 6.07) is 8.60. The van der Waals surface area contributed by atoms with Gasteiger partial charge in [0.1, 0.15) is 18.2 Å². The van der Waals surface area contributed by atoms with Crippen LogP contribution in [0, 0.1) is 11.6 Å². The second kappa shape index (κ2) is 9.24. The summed E-state index contributed by atoms with van der Waals surface area (Å²) in [5.41, 5.74) is 1.67. The minimum atomic E-state index is -1.35. The molecular formula is C23H24F2N2O4. The number of carboxylic acid groups (broad SMARTS) is 1. The number of rotatable bonds is 6. The lowest BCUT2D eigenvalue weighted by Crippen LogP contribution is -2.46. The Hall–Kier alpha value is -3.29. The van der Waals surface area contributed by atoms with Gasteiger partial charge >= 0.3 is 6.09 Å². The number of nitrogens with one attached hydrogen (secondary N) is 1. The van der Waals surface area contributed by atoms with E-state index < -0.39 is 41.9 Å². The molecule has 2 amide bonds. The van der Waals surface area contributed by atoms with E-state index in [0.717, 1.165) is 0 Å². The Morgan fingerprint density at radius 1 is 1.03 bits per heavy atom. The fourth-order valence-corrected chi connectivity index (χ4v) is 4.05. The number of fused-ring (bicyclic) bond motifs is 2. The number of nitrogens with zero attached hydrogens (tertiary/aromatic N) is 1. The zero-order chi connectivity index (χ0) is 22.7. The Morgan fingerprint density at radius 3 is 2.00 bits per heavy atom. The minimum Gasteiger partial charge on any atom is -0.465 e. The van der Waals surface area contributed by atoms with E-state index in [1.165, 1.54) is 29.2 Å². The van der Waals surface area contributed by atoms with Gasteiger partial charge in [0.25, 0.3) is 0 Å². The van der Waals surface area contributed by atoms with Crippen molar-refractivity contribution in [2.24, 2.45) is 0 Å². The molecule has 0 saturated heterocycles. The first-order valence-corrected chi connectivity index (χ1v) is 10.0. The highest BCUT2D eigenvalue weighted by molar-refractivity contribution is 5.94. The summed E-state index contributed by atoms with van der Waals surface area (Å²) < 4.78 is 29.1. The Balaban J connectivity index is 2.01. The molecule has 6 nitrogen and oxygen atoms in total. The van der Waals surface area contributed by atoms with Crippen LogP contribution in [-0.2, 0) is 22.4 Å². The zero-order valence-corrected chi connectivity index (χ0v) is 17.3. The van der Waals surface area contributed by atoms with Crippen LogP contribution in [0.15, 0.2) is 36.4 Å². The van der Waals surface area contributed by atoms with E-state index in [4.69, 9.17) is 5.11 Å². The number of carbonyl (C=O) groups is 3. The van der Waals surface area contributed by atoms with Crippen LogP contribution in [0.4, 0.5) is 13.6 Å². The fourth-order valence-electron chi connectivity index (χ4n) is 4.05. The van der Waals surface area contributed by atoms with Gasteiger partial charge in [-0.1, -0.05) is 24.3 Å². The average Bonchev–Trinajstić information content (AvgIpc) is 2.88. The maximum Gasteiger partial charge on any atom is 0.405 e. The first kappa shape index (κ1) is 22.4. The van der Waals surface area contributed by atoms with Crippen LogP contribution in [0.3, 0.4) is 0 Å². The molecule has 0 spiro atoms. The number of amides is 2. The van der Waals surface area contributed by atoms with Gasteiger partial charge in [0, 0.05) is 6.04 Å². The highest BCUT2D eigenvalue weighted by atomic mass is 19.1. The number of halogens is 2. The molecule has 0 heterocycles. The summed E-state index contributed by atoms with van der Waals surface area (Å²) in [4.78, 5) is 38.0. The number of hydrogen-bond donors (Lipinski definition) is 2. The van der Waals surface area contributed by atoms with Crippen molar-refractivity contribution in [3.8, 4) is 0 Å². The van der Waals surface area contributed by atoms with E-state index >= 15 is 0 Å². The Kier molecular flexibility index (Phi) is 6.68. The summed E-state index contributed by atoms with van der Waals surface area (Å²) >= 11 is 0. The van der Waals surface area contributed by atoms with Gasteiger partial charge in [-0.2, -0.15) is 0 Å². The normalized spacial score (nSPS) is 13.2. The van der Waals surface area contributed by atoms with Crippen LogP contribution in [0.1, 0.15) is 42.0 Å². The summed E-state index contributed by atoms with van der Waals surface area (Å²) in [6.45, 7) is 2.64. The lowest BCUT2D eigenvalue weighted by atomic mass is 9.84. The quantitative estimate of drug-likeness (QED) is 0.737. The predicted octanol–water partition coefficient (Wildman–Crippen LogP) is 3.27. The van der Waals surface area contributed by atoms with E-state index in [2.05, 4.69) is 0 Å². The van der Waals surface area contributed by atoms with E-state index in [1.807, 2.05) is 5.32 Å². The summed E-state index contributed by atoms with van der Waals surface area (Å²) in [5.74, 6) is -2.78. The molecule has 1 aliphatic rings. The van der Waals surface area contributed by atoms with Gasteiger partial charge in [0.15, 0.2) is 5.78 Å². The van der Waals surface area contributed by atoms with Gasteiger partial charge in [-0.25, -0.2) is 13.6 Å². The maximum atomic E-state index is 14.6. The zero-order valence-electron chi connectivity index (χ0n) is 17.3. The van der Waals surface area contributed by atoms with Gasteiger partial charge in [0.2, 0.25) is 5.91 Å². The predicted molar refractivity (Wildman–Crippen MR) is 110 cm³/mol. The molecule has 0 aliphatic heterocycles. The average molecular weight is 430 g/mol. The molecule has 0 saturated carbocycles. The molecule has 0 atom stereocenters. The number of benzene rings is 2. The molecule has 3 rings (SSSR count). The number of Topliss-reactive ketones (excluding diaryl/α,β-unsaturated/α-hetero) is 1. The number of hydrogen-bond acceptors (Lipinski definition) is 3. The minimum absolute atomic E-state index is 0.259. The number of carbonyl (C=O) groups excluding carboxylic acids is 2. The molecular weight excluding hydrogens is 406 g/mol. The Labute approximate surface area is 178 Å². The van der Waals surface area contributed by atoms with E-state index in [-0.39, 0.29) is 25.4 Å². The van der Waals surface area contributed by atoms with E-state index in [0.29, 0.717) is 22.3 Å². The van der Waals surface area contributed by atoms with Crippen molar-refractivity contribution in [2.75, 3.05) is 13.1 Å². The van der Waals surface area contributed by atoms with Gasteiger partial charge in [-0.05, 0) is 61.1 Å². The third-order valence-corrected chi connectivity index (χ3v) is 5.54. The van der Waals surface area contributed by atoms with Crippen LogP contribution < -0.4 is 5.32 Å². The largest absolute Gasteiger partial charge is 0.465 e. The second-order valence-electron chi connectivity index (χ2n) is 7.79. The van der Waals surface area contributed by atoms with Crippen molar-refractivity contribution in [1.29, 1.82) is 0 Å². The molecule has 0 unspecified atom stereocenters. The van der Waals surface area contributed by atoms with Crippen molar-refractivity contribution in [3.05, 3.63) is 70.3 Å². The van der Waals surface area contributed by atoms with Crippen LogP contribution in [0.25, 0.3) is 0 Å². The van der Waals surface area contributed by atoms with Crippen molar-refractivity contribution in [1.82, 2.24) is 10.2 Å². The van der Waals surface area contributed by atoms with Gasteiger partial charge in [0.05, 0.1) is 12.5 Å². The third kappa shape index (κ3) is 4.73. The van der Waals surface area contributed by atoms with Crippen molar-refractivity contribution in [3.63, 3.8) is 0 Å². The summed E-state index contributed by atoms with van der Waals surface area (Å²) in [5, 5.41) is 10.8. The van der Waals surface area contributed by atoms with Gasteiger partial charge in [-0.3, -0.25) is 9.59 Å². The summed E-state index contributed by atoms with van der Waals surface area (Å²) in [6.07, 6.45) is -0.828. The Bertz CT molecular complexity index is 969. The van der Waals surface area contributed by atoms with Crippen LogP contribution in [-0.4, -0.2) is 46.9 Å². The second-order valence-corrected chi connectivity index (χ2v) is 7.79. The van der Waals surface area contributed by atoms with E-state index in [1.54, 1.807) is 26.0 Å². The lowest BCUT2D eigenvalue weighted by Gasteiger charge is -2.29. The lowest BCUT2D eigenvalue weighted by molar-refractivity contribution is -0.136. The molecule has 2 aromatic carbocycles. The van der Waals surface area contributed by atoms with Gasteiger partial charge < -0.3 is 15.3 Å². The van der Waals surface area contributed by atoms with Crippen LogP contribution in [0.2, 0.25) is 0 Å². The maximum absolute atomic E-state index is 14.6. The van der Waals surface area contributed by atoms with Crippen molar-refractivity contribution >= 4 is 17.8 Å². The Morgan fingerprint density at radius 2 is 1.55 bits per heavy atom. The van der Waals surface area contributed by atoms with Crippen molar-refractivity contribution in [2.45, 2.75) is 38.6 Å². The van der Waals surface area contributed by atoms with Crippen LogP contribution >= 0.6 is 0 Å². The smallest absolute Gasteiger partial charge is 0.405 e. The SMILES string of the molecule is CC(C)N(CC(=O)C1c2cccc(F)c2CCc2c(F)cccc21)C(=O)CNC(=O)O. The molecule has 0 aromatic heterocycles. The first-order valence-electron chi connectivity index (χ1n) is 10.0. The molecule has 0 bridgehead atoms.